The maximum atomic E-state index is 13.6. The number of benzene rings is 2. The number of hydrogen-bond acceptors (Lipinski definition) is 5. The van der Waals surface area contributed by atoms with Crippen molar-refractivity contribution in [3.05, 3.63) is 52.3 Å². The molecule has 0 bridgehead atoms. The molecule has 30 heavy (non-hydrogen) atoms. The minimum Gasteiger partial charge on any atom is -0.497 e. The summed E-state index contributed by atoms with van der Waals surface area (Å²) < 4.78 is 18.5. The molecule has 156 valence electrons. The number of carbonyl (C=O) groups is 1. The lowest BCUT2D eigenvalue weighted by Crippen LogP contribution is -2.17. The zero-order valence-corrected chi connectivity index (χ0v) is 16.9. The van der Waals surface area contributed by atoms with Crippen LogP contribution in [0, 0.1) is 0 Å². The summed E-state index contributed by atoms with van der Waals surface area (Å²) >= 11 is 0. The van der Waals surface area contributed by atoms with Crippen LogP contribution < -0.4 is 19.6 Å². The van der Waals surface area contributed by atoms with E-state index in [4.69, 9.17) is 14.2 Å². The highest BCUT2D eigenvalue weighted by atomic mass is 16.5. The number of aliphatic carboxylic acids is 1. The van der Waals surface area contributed by atoms with Gasteiger partial charge in [-0.05, 0) is 30.2 Å². The zero-order chi connectivity index (χ0) is 21.3. The van der Waals surface area contributed by atoms with Crippen LogP contribution in [0.2, 0.25) is 0 Å². The Labute approximate surface area is 173 Å². The fourth-order valence-electron chi connectivity index (χ4n) is 3.78. The average molecular weight is 409 g/mol. The summed E-state index contributed by atoms with van der Waals surface area (Å²) in [6, 6.07) is 8.96. The molecule has 0 amide bonds. The van der Waals surface area contributed by atoms with Crippen molar-refractivity contribution >= 4 is 16.9 Å². The van der Waals surface area contributed by atoms with Gasteiger partial charge in [-0.2, -0.15) is 0 Å². The molecule has 0 unspecified atom stereocenters. The summed E-state index contributed by atoms with van der Waals surface area (Å²) in [6.07, 6.45) is 3.06. The Morgan fingerprint density at radius 3 is 2.70 bits per heavy atom. The van der Waals surface area contributed by atoms with E-state index in [1.54, 1.807) is 42.1 Å². The molecule has 1 aromatic heterocycles. The molecule has 0 fully saturated rings. The first-order valence-corrected chi connectivity index (χ1v) is 9.88. The number of fused-ring (bicyclic) bond motifs is 3. The molecular weight excluding hydrogens is 386 g/mol. The van der Waals surface area contributed by atoms with Crippen molar-refractivity contribution in [2.45, 2.75) is 26.3 Å². The minimum absolute atomic E-state index is 0.211. The van der Waals surface area contributed by atoms with Crippen LogP contribution in [-0.2, 0) is 17.8 Å². The summed E-state index contributed by atoms with van der Waals surface area (Å²) in [4.78, 5) is 25.2. The first kappa shape index (κ1) is 19.8. The molecule has 0 atom stereocenters. The Hall–Kier alpha value is -3.48. The quantitative estimate of drug-likeness (QED) is 0.643. The third kappa shape index (κ3) is 3.47. The highest BCUT2D eigenvalue weighted by molar-refractivity contribution is 5.95. The minimum atomic E-state index is -1.01. The normalized spacial score (nSPS) is 12.5. The zero-order valence-electron chi connectivity index (χ0n) is 16.9. The van der Waals surface area contributed by atoms with Crippen LogP contribution in [0.1, 0.15) is 18.9 Å². The summed E-state index contributed by atoms with van der Waals surface area (Å²) in [7, 11) is 1.57. The van der Waals surface area contributed by atoms with E-state index < -0.39 is 5.97 Å². The standard InChI is InChI=1S/C23H23NO6/c1-3-9-29-18-11-15-8-10-30-23(15)20-21(18)24(13-19(25)26)12-17(22(20)27)14-4-6-16(28-2)7-5-14/h4-7,11-12H,3,8-10,13H2,1-2H3,(H,25,26). The van der Waals surface area contributed by atoms with Gasteiger partial charge in [-0.15, -0.1) is 0 Å². The Bertz CT molecular complexity index is 1160. The van der Waals surface area contributed by atoms with E-state index in [1.165, 1.54) is 0 Å². The predicted octanol–water partition coefficient (Wildman–Crippen LogP) is 3.49. The highest BCUT2D eigenvalue weighted by Crippen LogP contribution is 2.39. The Morgan fingerprint density at radius 1 is 1.27 bits per heavy atom. The van der Waals surface area contributed by atoms with Crippen molar-refractivity contribution in [1.29, 1.82) is 0 Å². The second-order valence-electron chi connectivity index (χ2n) is 7.16. The van der Waals surface area contributed by atoms with Crippen molar-refractivity contribution < 1.29 is 24.1 Å². The van der Waals surface area contributed by atoms with Crippen molar-refractivity contribution in [3.8, 4) is 28.4 Å². The lowest BCUT2D eigenvalue weighted by molar-refractivity contribution is -0.137. The van der Waals surface area contributed by atoms with E-state index in [2.05, 4.69) is 0 Å². The molecule has 7 heteroatoms. The summed E-state index contributed by atoms with van der Waals surface area (Å²) in [6.45, 7) is 2.63. The van der Waals surface area contributed by atoms with Gasteiger partial charge in [0.05, 0.1) is 31.2 Å². The molecule has 0 aliphatic carbocycles. The van der Waals surface area contributed by atoms with Gasteiger partial charge in [0.2, 0.25) is 5.43 Å². The van der Waals surface area contributed by atoms with E-state index in [1.807, 2.05) is 13.0 Å². The molecular formula is C23H23NO6. The van der Waals surface area contributed by atoms with Crippen molar-refractivity contribution in [2.75, 3.05) is 20.3 Å². The number of nitrogens with zero attached hydrogens (tertiary/aromatic N) is 1. The van der Waals surface area contributed by atoms with Crippen LogP contribution in [0.15, 0.2) is 41.3 Å². The molecule has 1 N–H and O–H groups in total. The number of ether oxygens (including phenoxy) is 3. The SMILES string of the molecule is CCCOc1cc2c(c3c(=O)c(-c4ccc(OC)cc4)cn(CC(=O)O)c13)OCC2. The van der Waals surface area contributed by atoms with Gasteiger partial charge in [-0.3, -0.25) is 9.59 Å². The van der Waals surface area contributed by atoms with E-state index in [-0.39, 0.29) is 12.0 Å². The average Bonchev–Trinajstić information content (AvgIpc) is 3.21. The Balaban J connectivity index is 2.04. The maximum Gasteiger partial charge on any atom is 0.323 e. The molecule has 1 aliphatic rings. The maximum absolute atomic E-state index is 13.6. The summed E-state index contributed by atoms with van der Waals surface area (Å²) in [5, 5.41) is 9.86. The van der Waals surface area contributed by atoms with Crippen molar-refractivity contribution in [3.63, 3.8) is 0 Å². The smallest absolute Gasteiger partial charge is 0.323 e. The second-order valence-corrected chi connectivity index (χ2v) is 7.16. The van der Waals surface area contributed by atoms with Crippen molar-refractivity contribution in [1.82, 2.24) is 4.57 Å². The number of rotatable bonds is 7. The molecule has 4 rings (SSSR count). The Morgan fingerprint density at radius 2 is 2.03 bits per heavy atom. The number of aromatic nitrogens is 1. The van der Waals surface area contributed by atoms with Gasteiger partial charge in [0, 0.05) is 23.7 Å². The van der Waals surface area contributed by atoms with Crippen LogP contribution >= 0.6 is 0 Å². The van der Waals surface area contributed by atoms with E-state index >= 15 is 0 Å². The van der Waals surface area contributed by atoms with E-state index in [9.17, 15) is 14.7 Å². The fraction of sp³-hybridized carbons (Fsp3) is 0.304. The van der Waals surface area contributed by atoms with Gasteiger partial charge in [0.1, 0.15) is 23.8 Å². The van der Waals surface area contributed by atoms with Gasteiger partial charge in [0.25, 0.3) is 0 Å². The predicted molar refractivity (Wildman–Crippen MR) is 113 cm³/mol. The first-order chi connectivity index (χ1) is 14.5. The van der Waals surface area contributed by atoms with Gasteiger partial charge >= 0.3 is 5.97 Å². The van der Waals surface area contributed by atoms with Gasteiger partial charge in [0.15, 0.2) is 0 Å². The molecule has 0 spiro atoms. The van der Waals surface area contributed by atoms with E-state index in [0.29, 0.717) is 58.9 Å². The van der Waals surface area contributed by atoms with Crippen LogP contribution in [0.25, 0.3) is 22.0 Å². The molecule has 3 aromatic rings. The van der Waals surface area contributed by atoms with Crippen LogP contribution in [0.4, 0.5) is 0 Å². The highest BCUT2D eigenvalue weighted by Gasteiger charge is 2.25. The lowest BCUT2D eigenvalue weighted by atomic mass is 10.0. The molecule has 0 saturated carbocycles. The number of hydrogen-bond donors (Lipinski definition) is 1. The summed E-state index contributed by atoms with van der Waals surface area (Å²) in [5.74, 6) is 0.692. The largest absolute Gasteiger partial charge is 0.497 e. The van der Waals surface area contributed by atoms with Gasteiger partial charge < -0.3 is 23.9 Å². The number of methoxy groups -OCH3 is 1. The monoisotopic (exact) mass is 409 g/mol. The third-order valence-electron chi connectivity index (χ3n) is 5.12. The molecule has 0 saturated heterocycles. The van der Waals surface area contributed by atoms with Crippen molar-refractivity contribution in [2.24, 2.45) is 0 Å². The number of carboxylic acids is 1. The summed E-state index contributed by atoms with van der Waals surface area (Å²) in [5.41, 5.74) is 2.22. The number of carboxylic acid groups (broad SMARTS) is 1. The third-order valence-corrected chi connectivity index (χ3v) is 5.12. The first-order valence-electron chi connectivity index (χ1n) is 9.88. The molecule has 7 nitrogen and oxygen atoms in total. The van der Waals surface area contributed by atoms with Crippen LogP contribution in [0.3, 0.4) is 0 Å². The molecule has 0 radical (unpaired) electrons. The molecule has 2 heterocycles. The Kier molecular flexibility index (Phi) is 5.35. The molecule has 1 aliphatic heterocycles. The van der Waals surface area contributed by atoms with Crippen LogP contribution in [0.5, 0.6) is 17.2 Å². The molecule has 2 aromatic carbocycles. The number of pyridine rings is 1. The second kappa shape index (κ2) is 8.10. The topological polar surface area (TPSA) is 87.0 Å². The lowest BCUT2D eigenvalue weighted by Gasteiger charge is -2.18. The fourth-order valence-corrected chi connectivity index (χ4v) is 3.78. The van der Waals surface area contributed by atoms with Crippen LogP contribution in [-0.4, -0.2) is 36.0 Å². The van der Waals surface area contributed by atoms with Gasteiger partial charge in [-0.1, -0.05) is 19.1 Å². The van der Waals surface area contributed by atoms with Gasteiger partial charge in [-0.25, -0.2) is 0 Å². The van der Waals surface area contributed by atoms with E-state index in [0.717, 1.165) is 12.0 Å².